The molecule has 10 heteroatoms. The Hall–Kier alpha value is -1.82. The normalized spacial score (nSPS) is 25.0. The van der Waals surface area contributed by atoms with Gasteiger partial charge in [-0.25, -0.2) is 21.6 Å². The minimum absolute atomic E-state index is 0.169. The van der Waals surface area contributed by atoms with Gasteiger partial charge in [0.25, 0.3) is 0 Å². The van der Waals surface area contributed by atoms with E-state index in [9.17, 15) is 21.9 Å². The molecule has 8 nitrogen and oxygen atoms in total. The zero-order valence-electron chi connectivity index (χ0n) is 17.8. The van der Waals surface area contributed by atoms with Crippen molar-refractivity contribution in [3.05, 3.63) is 70.8 Å². The van der Waals surface area contributed by atoms with E-state index in [0.717, 1.165) is 41.2 Å². The molecule has 170 valence electrons. The van der Waals surface area contributed by atoms with Gasteiger partial charge in [-0.3, -0.25) is 0 Å². The Labute approximate surface area is 184 Å². The molecule has 0 radical (unpaired) electrons. The number of fused-ring (bicyclic) bond motifs is 2. The summed E-state index contributed by atoms with van der Waals surface area (Å²) >= 11 is 0. The Balaban J connectivity index is 0.000000176. The number of aliphatic hydroxyl groups is 1. The molecule has 2 aromatic rings. The molecule has 0 saturated carbocycles. The van der Waals surface area contributed by atoms with Crippen LogP contribution in [0.4, 0.5) is 0 Å². The zero-order chi connectivity index (χ0) is 23.0. The Morgan fingerprint density at radius 1 is 0.935 bits per heavy atom. The van der Waals surface area contributed by atoms with Crippen LogP contribution in [-0.2, 0) is 32.9 Å². The lowest BCUT2D eigenvalue weighted by atomic mass is 10.1. The number of nitrogens with zero attached hydrogens (tertiary/aromatic N) is 1. The summed E-state index contributed by atoms with van der Waals surface area (Å²) in [4.78, 5) is 0. The zero-order valence-corrected chi connectivity index (χ0v) is 19.4. The first kappa shape index (κ1) is 23.8. The Morgan fingerprint density at radius 2 is 1.45 bits per heavy atom. The van der Waals surface area contributed by atoms with Gasteiger partial charge in [-0.15, -0.1) is 0 Å². The molecule has 0 spiro atoms. The average Bonchev–Trinajstić information content (AvgIpc) is 3.16. The van der Waals surface area contributed by atoms with Crippen molar-refractivity contribution in [3.63, 3.8) is 0 Å². The first-order valence-electron chi connectivity index (χ1n) is 9.88. The van der Waals surface area contributed by atoms with Gasteiger partial charge in [0, 0.05) is 19.5 Å². The second kappa shape index (κ2) is 8.97. The molecule has 0 saturated heterocycles. The highest BCUT2D eigenvalue weighted by Gasteiger charge is 2.37. The van der Waals surface area contributed by atoms with Gasteiger partial charge in [0.1, 0.15) is 0 Å². The van der Waals surface area contributed by atoms with Crippen molar-refractivity contribution in [3.8, 4) is 0 Å². The molecule has 0 fully saturated rings. The van der Waals surface area contributed by atoms with Crippen molar-refractivity contribution in [1.29, 1.82) is 0 Å². The van der Waals surface area contributed by atoms with E-state index in [-0.39, 0.29) is 12.1 Å². The Kier molecular flexibility index (Phi) is 6.90. The monoisotopic (exact) mass is 467 g/mol. The lowest BCUT2D eigenvalue weighted by Crippen LogP contribution is -2.37. The van der Waals surface area contributed by atoms with Crippen LogP contribution in [0.25, 0.3) is 0 Å². The fourth-order valence-electron chi connectivity index (χ4n) is 4.20. The fraction of sp³-hybridized carbons (Fsp3) is 0.429. The summed E-state index contributed by atoms with van der Waals surface area (Å²) < 4.78 is 49.1. The molecule has 0 heterocycles. The van der Waals surface area contributed by atoms with Crippen LogP contribution in [0.2, 0.25) is 0 Å². The first-order valence-corrected chi connectivity index (χ1v) is 13.6. The highest BCUT2D eigenvalue weighted by molar-refractivity contribution is 7.88. The van der Waals surface area contributed by atoms with Crippen LogP contribution >= 0.6 is 0 Å². The molecule has 4 rings (SSSR count). The average molecular weight is 468 g/mol. The quantitative estimate of drug-likeness (QED) is 0.607. The Bertz CT molecular complexity index is 1150. The predicted molar refractivity (Wildman–Crippen MR) is 120 cm³/mol. The van der Waals surface area contributed by atoms with E-state index < -0.39 is 32.2 Å². The number of nitrogens with two attached hydrogens (primary N) is 1. The predicted octanol–water partition coefficient (Wildman–Crippen LogP) is 0.696. The summed E-state index contributed by atoms with van der Waals surface area (Å²) in [6, 6.07) is 14.4. The number of rotatable bonds is 4. The van der Waals surface area contributed by atoms with Gasteiger partial charge >= 0.3 is 0 Å². The third-order valence-corrected chi connectivity index (χ3v) is 7.65. The van der Waals surface area contributed by atoms with Crippen molar-refractivity contribution in [2.45, 2.75) is 37.1 Å². The van der Waals surface area contributed by atoms with E-state index in [1.54, 1.807) is 0 Å². The summed E-state index contributed by atoms with van der Waals surface area (Å²) in [5.74, 6) is 0. The third kappa shape index (κ3) is 5.51. The number of aliphatic hydroxyl groups excluding tert-OH is 1. The van der Waals surface area contributed by atoms with E-state index in [2.05, 4.69) is 4.72 Å². The summed E-state index contributed by atoms with van der Waals surface area (Å²) in [5, 5.41) is 9.94. The number of sulfonamides is 2. The maximum Gasteiger partial charge on any atom is 0.211 e. The SMILES string of the molecule is CN([C@@H]1c2ccccc2C[C@H]1O)S(C)(=O)=O.CS(=O)(=O)N[C@@H]1c2ccccc2C[C@H]1N. The summed E-state index contributed by atoms with van der Waals surface area (Å²) in [7, 11) is -5.00. The van der Waals surface area contributed by atoms with Crippen molar-refractivity contribution < 1.29 is 21.9 Å². The van der Waals surface area contributed by atoms with Gasteiger partial charge in [0.15, 0.2) is 0 Å². The number of benzene rings is 2. The molecule has 4 atom stereocenters. The van der Waals surface area contributed by atoms with Crippen LogP contribution < -0.4 is 10.5 Å². The molecule has 0 amide bonds. The highest BCUT2D eigenvalue weighted by atomic mass is 32.2. The third-order valence-electron chi connectivity index (χ3n) is 5.70. The maximum atomic E-state index is 11.5. The smallest absolute Gasteiger partial charge is 0.211 e. The number of hydrogen-bond acceptors (Lipinski definition) is 6. The first-order chi connectivity index (χ1) is 14.4. The van der Waals surface area contributed by atoms with Crippen LogP contribution in [0.15, 0.2) is 48.5 Å². The van der Waals surface area contributed by atoms with E-state index >= 15 is 0 Å². The molecule has 2 aliphatic carbocycles. The van der Waals surface area contributed by atoms with Crippen molar-refractivity contribution in [2.75, 3.05) is 19.6 Å². The van der Waals surface area contributed by atoms with E-state index in [1.807, 2.05) is 48.5 Å². The summed E-state index contributed by atoms with van der Waals surface area (Å²) in [6.45, 7) is 0. The summed E-state index contributed by atoms with van der Waals surface area (Å²) in [6.07, 6.45) is 2.89. The van der Waals surface area contributed by atoms with Crippen LogP contribution in [0, 0.1) is 0 Å². The van der Waals surface area contributed by atoms with E-state index in [0.29, 0.717) is 6.42 Å². The second-order valence-electron chi connectivity index (χ2n) is 8.13. The van der Waals surface area contributed by atoms with Gasteiger partial charge in [-0.05, 0) is 28.7 Å². The van der Waals surface area contributed by atoms with Gasteiger partial charge in [-0.2, -0.15) is 4.31 Å². The lowest BCUT2D eigenvalue weighted by Gasteiger charge is -2.25. The van der Waals surface area contributed by atoms with Crippen LogP contribution in [0.3, 0.4) is 0 Å². The molecule has 31 heavy (non-hydrogen) atoms. The van der Waals surface area contributed by atoms with Crippen molar-refractivity contribution >= 4 is 20.0 Å². The lowest BCUT2D eigenvalue weighted by molar-refractivity contribution is 0.113. The van der Waals surface area contributed by atoms with Gasteiger partial charge in [0.2, 0.25) is 20.0 Å². The summed E-state index contributed by atoms with van der Waals surface area (Å²) in [5.41, 5.74) is 9.97. The molecular formula is C21H29N3O5S2. The highest BCUT2D eigenvalue weighted by Crippen LogP contribution is 2.36. The van der Waals surface area contributed by atoms with Crippen LogP contribution in [-0.4, -0.2) is 58.0 Å². The Morgan fingerprint density at radius 3 is 2.00 bits per heavy atom. The minimum Gasteiger partial charge on any atom is -0.391 e. The number of likely N-dealkylation sites (N-methyl/N-ethyl adjacent to an activating group) is 1. The van der Waals surface area contributed by atoms with E-state index in [4.69, 9.17) is 5.73 Å². The standard InChI is InChI=1S/C11H15NO3S.C10H14N2O2S/c1-12(16(2,14)15)11-9-6-4-3-5-8(9)7-10(11)13;1-15(13,14)12-10-8-5-3-2-4-7(8)6-9(10)11/h3-6,10-11,13H,7H2,1-2H3;2-5,9-10,12H,6,11H2,1H3/t10-,11-;9-,10-/m11/s1. The largest absolute Gasteiger partial charge is 0.391 e. The minimum atomic E-state index is -3.29. The molecule has 0 aliphatic heterocycles. The van der Waals surface area contributed by atoms with Gasteiger partial charge in [-0.1, -0.05) is 48.5 Å². The number of nitrogens with one attached hydrogen (secondary N) is 1. The molecular weight excluding hydrogens is 438 g/mol. The number of hydrogen-bond donors (Lipinski definition) is 3. The molecule has 0 bridgehead atoms. The molecule has 2 aliphatic rings. The van der Waals surface area contributed by atoms with Crippen molar-refractivity contribution in [1.82, 2.24) is 9.03 Å². The van der Waals surface area contributed by atoms with Gasteiger partial charge < -0.3 is 10.8 Å². The maximum absolute atomic E-state index is 11.5. The topological polar surface area (TPSA) is 130 Å². The van der Waals surface area contributed by atoms with Gasteiger partial charge in [0.05, 0.1) is 30.7 Å². The molecule has 2 aromatic carbocycles. The molecule has 4 N–H and O–H groups in total. The van der Waals surface area contributed by atoms with Crippen LogP contribution in [0.5, 0.6) is 0 Å². The molecule has 0 aromatic heterocycles. The van der Waals surface area contributed by atoms with Crippen LogP contribution in [0.1, 0.15) is 34.3 Å². The van der Waals surface area contributed by atoms with Crippen molar-refractivity contribution in [2.24, 2.45) is 5.73 Å². The fourth-order valence-corrected chi connectivity index (χ4v) is 5.63. The van der Waals surface area contributed by atoms with E-state index in [1.165, 1.54) is 11.4 Å². The second-order valence-corrected chi connectivity index (χ2v) is 12.0. The molecule has 0 unspecified atom stereocenters.